The molecule has 0 saturated heterocycles. The van der Waals surface area contributed by atoms with Crippen molar-refractivity contribution >= 4 is 23.3 Å². The first-order valence-corrected chi connectivity index (χ1v) is 6.91. The maximum absolute atomic E-state index is 13.5. The quantitative estimate of drug-likeness (QED) is 0.891. The maximum atomic E-state index is 13.5. The van der Waals surface area contributed by atoms with E-state index in [1.807, 2.05) is 6.92 Å². The molecule has 1 amide bonds. The summed E-state index contributed by atoms with van der Waals surface area (Å²) < 4.78 is 13.5. The molecule has 0 fully saturated rings. The normalized spacial score (nSPS) is 10.2. The lowest BCUT2D eigenvalue weighted by Crippen LogP contribution is -2.25. The molecule has 1 aromatic carbocycles. The number of hydrogen-bond donors (Lipinski definition) is 2. The molecular formula is C15H15ClFN3O. The van der Waals surface area contributed by atoms with Gasteiger partial charge in [0, 0.05) is 18.7 Å². The lowest BCUT2D eigenvalue weighted by Gasteiger charge is -2.09. The fraction of sp³-hybridized carbons (Fsp3) is 0.200. The third-order valence-corrected chi connectivity index (χ3v) is 3.12. The summed E-state index contributed by atoms with van der Waals surface area (Å²) in [7, 11) is 0. The summed E-state index contributed by atoms with van der Waals surface area (Å²) in [6, 6.07) is 9.56. The van der Waals surface area contributed by atoms with Crippen LogP contribution in [0.25, 0.3) is 0 Å². The molecule has 0 atom stereocenters. The van der Waals surface area contributed by atoms with Gasteiger partial charge in [-0.15, -0.1) is 0 Å². The van der Waals surface area contributed by atoms with Crippen molar-refractivity contribution in [1.82, 2.24) is 10.3 Å². The lowest BCUT2D eigenvalue weighted by molar-refractivity contribution is 0.0946. The van der Waals surface area contributed by atoms with E-state index in [2.05, 4.69) is 15.6 Å². The van der Waals surface area contributed by atoms with Crippen LogP contribution in [-0.2, 0) is 6.54 Å². The van der Waals surface area contributed by atoms with Gasteiger partial charge < -0.3 is 10.6 Å². The second-order valence-corrected chi connectivity index (χ2v) is 4.74. The zero-order valence-electron chi connectivity index (χ0n) is 11.5. The Balaban J connectivity index is 2.10. The van der Waals surface area contributed by atoms with Crippen LogP contribution in [0.3, 0.4) is 0 Å². The lowest BCUT2D eigenvalue weighted by atomic mass is 10.2. The zero-order valence-corrected chi connectivity index (χ0v) is 12.2. The first kappa shape index (κ1) is 15.3. The number of nitrogens with zero attached hydrogens (tertiary/aromatic N) is 1. The standard InChI is InChI=1S/C15H15ClFN3O/c1-2-18-13-8-7-11(16)14(20-13)15(21)19-9-10-5-3-4-6-12(10)17/h3-8H,2,9H2,1H3,(H,18,20)(H,19,21). The second kappa shape index (κ2) is 7.04. The van der Waals surface area contributed by atoms with Gasteiger partial charge >= 0.3 is 0 Å². The number of aromatic nitrogens is 1. The summed E-state index contributed by atoms with van der Waals surface area (Å²) in [5.74, 6) is -0.237. The van der Waals surface area contributed by atoms with E-state index in [4.69, 9.17) is 11.6 Å². The molecule has 110 valence electrons. The number of nitrogens with one attached hydrogen (secondary N) is 2. The summed E-state index contributed by atoms with van der Waals surface area (Å²) in [5, 5.41) is 5.87. The topological polar surface area (TPSA) is 54.0 Å². The highest BCUT2D eigenvalue weighted by Crippen LogP contribution is 2.17. The number of halogens is 2. The van der Waals surface area contributed by atoms with Gasteiger partial charge in [-0.25, -0.2) is 9.37 Å². The molecule has 21 heavy (non-hydrogen) atoms. The molecule has 6 heteroatoms. The van der Waals surface area contributed by atoms with Gasteiger partial charge in [0.15, 0.2) is 0 Å². The average molecular weight is 308 g/mol. The monoisotopic (exact) mass is 307 g/mol. The van der Waals surface area contributed by atoms with Gasteiger partial charge in [-0.2, -0.15) is 0 Å². The van der Waals surface area contributed by atoms with Crippen molar-refractivity contribution < 1.29 is 9.18 Å². The molecule has 1 heterocycles. The third kappa shape index (κ3) is 3.92. The van der Waals surface area contributed by atoms with E-state index in [1.54, 1.807) is 30.3 Å². The molecule has 2 aromatic rings. The van der Waals surface area contributed by atoms with Crippen molar-refractivity contribution in [1.29, 1.82) is 0 Å². The van der Waals surface area contributed by atoms with Crippen molar-refractivity contribution in [3.05, 3.63) is 58.5 Å². The Hall–Kier alpha value is -2.14. The first-order valence-electron chi connectivity index (χ1n) is 6.54. The van der Waals surface area contributed by atoms with Crippen molar-refractivity contribution in [2.45, 2.75) is 13.5 Å². The highest BCUT2D eigenvalue weighted by molar-refractivity contribution is 6.33. The molecule has 0 aliphatic rings. The van der Waals surface area contributed by atoms with Crippen LogP contribution in [0, 0.1) is 5.82 Å². The van der Waals surface area contributed by atoms with Crippen LogP contribution in [0.2, 0.25) is 5.02 Å². The Morgan fingerprint density at radius 3 is 2.76 bits per heavy atom. The average Bonchev–Trinajstić information content (AvgIpc) is 2.48. The number of carbonyl (C=O) groups excluding carboxylic acids is 1. The van der Waals surface area contributed by atoms with Crippen LogP contribution in [0.4, 0.5) is 10.2 Å². The molecule has 0 aliphatic carbocycles. The minimum absolute atomic E-state index is 0.0783. The zero-order chi connectivity index (χ0) is 15.2. The highest BCUT2D eigenvalue weighted by atomic mass is 35.5. The largest absolute Gasteiger partial charge is 0.370 e. The molecular weight excluding hydrogens is 293 g/mol. The summed E-state index contributed by atoms with van der Waals surface area (Å²) in [6.07, 6.45) is 0. The summed E-state index contributed by atoms with van der Waals surface area (Å²) in [4.78, 5) is 16.2. The number of carbonyl (C=O) groups is 1. The Morgan fingerprint density at radius 2 is 2.05 bits per heavy atom. The number of amides is 1. The second-order valence-electron chi connectivity index (χ2n) is 4.33. The van der Waals surface area contributed by atoms with E-state index in [9.17, 15) is 9.18 Å². The van der Waals surface area contributed by atoms with E-state index in [1.165, 1.54) is 6.07 Å². The smallest absolute Gasteiger partial charge is 0.271 e. The van der Waals surface area contributed by atoms with Gasteiger partial charge in [0.1, 0.15) is 17.3 Å². The van der Waals surface area contributed by atoms with Gasteiger partial charge in [0.05, 0.1) is 5.02 Å². The summed E-state index contributed by atoms with van der Waals surface area (Å²) in [5.41, 5.74) is 0.524. The molecule has 0 unspecified atom stereocenters. The van der Waals surface area contributed by atoms with Crippen molar-refractivity contribution in [3.63, 3.8) is 0 Å². The van der Waals surface area contributed by atoms with Crippen LogP contribution in [-0.4, -0.2) is 17.4 Å². The Bertz CT molecular complexity index is 649. The molecule has 0 bridgehead atoms. The van der Waals surface area contributed by atoms with E-state index < -0.39 is 5.91 Å². The predicted octanol–water partition coefficient (Wildman–Crippen LogP) is 3.24. The number of rotatable bonds is 5. The van der Waals surface area contributed by atoms with Gasteiger partial charge in [-0.3, -0.25) is 4.79 Å². The fourth-order valence-corrected chi connectivity index (χ4v) is 1.97. The van der Waals surface area contributed by atoms with Gasteiger partial charge in [-0.05, 0) is 25.1 Å². The van der Waals surface area contributed by atoms with Crippen LogP contribution in [0.1, 0.15) is 23.0 Å². The molecule has 2 N–H and O–H groups in total. The minimum atomic E-state index is -0.442. The number of pyridine rings is 1. The van der Waals surface area contributed by atoms with Crippen molar-refractivity contribution in [2.24, 2.45) is 0 Å². The fourth-order valence-electron chi connectivity index (χ4n) is 1.78. The van der Waals surface area contributed by atoms with Gasteiger partial charge in [0.2, 0.25) is 0 Å². The summed E-state index contributed by atoms with van der Waals surface area (Å²) in [6.45, 7) is 2.69. The van der Waals surface area contributed by atoms with Crippen LogP contribution in [0.15, 0.2) is 36.4 Å². The number of anilines is 1. The van der Waals surface area contributed by atoms with Gasteiger partial charge in [0.25, 0.3) is 5.91 Å². The van der Waals surface area contributed by atoms with Gasteiger partial charge in [-0.1, -0.05) is 29.8 Å². The SMILES string of the molecule is CCNc1ccc(Cl)c(C(=O)NCc2ccccc2F)n1. The Morgan fingerprint density at radius 1 is 1.29 bits per heavy atom. The van der Waals surface area contributed by atoms with Crippen LogP contribution >= 0.6 is 11.6 Å². The third-order valence-electron chi connectivity index (χ3n) is 2.82. The highest BCUT2D eigenvalue weighted by Gasteiger charge is 2.13. The maximum Gasteiger partial charge on any atom is 0.271 e. The molecule has 4 nitrogen and oxygen atoms in total. The molecule has 0 saturated carbocycles. The van der Waals surface area contributed by atoms with E-state index in [-0.39, 0.29) is 23.1 Å². The van der Waals surface area contributed by atoms with E-state index in [0.717, 1.165) is 0 Å². The minimum Gasteiger partial charge on any atom is -0.370 e. The van der Waals surface area contributed by atoms with E-state index >= 15 is 0 Å². The first-order chi connectivity index (χ1) is 10.1. The van der Waals surface area contributed by atoms with Crippen molar-refractivity contribution in [3.8, 4) is 0 Å². The molecule has 2 rings (SSSR count). The number of hydrogen-bond acceptors (Lipinski definition) is 3. The molecule has 0 aliphatic heterocycles. The van der Waals surface area contributed by atoms with E-state index in [0.29, 0.717) is 17.9 Å². The predicted molar refractivity (Wildman–Crippen MR) is 81.0 cm³/mol. The van der Waals surface area contributed by atoms with Crippen LogP contribution in [0.5, 0.6) is 0 Å². The Kier molecular flexibility index (Phi) is 5.11. The molecule has 0 spiro atoms. The number of benzene rings is 1. The molecule has 0 radical (unpaired) electrons. The molecule has 1 aromatic heterocycles. The van der Waals surface area contributed by atoms with Crippen molar-refractivity contribution in [2.75, 3.05) is 11.9 Å². The summed E-state index contributed by atoms with van der Waals surface area (Å²) >= 11 is 5.98. The van der Waals surface area contributed by atoms with Crippen LogP contribution < -0.4 is 10.6 Å². The Labute approximate surface area is 127 Å².